The predicted molar refractivity (Wildman–Crippen MR) is 200 cm³/mol. The molecule has 4 aromatic carbocycles. The maximum absolute atomic E-state index is 13.9. The van der Waals surface area contributed by atoms with Crippen LogP contribution in [0.4, 0.5) is 21.0 Å². The summed E-state index contributed by atoms with van der Waals surface area (Å²) < 4.78 is 0. The third kappa shape index (κ3) is 9.53. The highest BCUT2D eigenvalue weighted by atomic mass is 16.4. The van der Waals surface area contributed by atoms with Crippen molar-refractivity contribution in [3.63, 3.8) is 0 Å². The summed E-state index contributed by atoms with van der Waals surface area (Å²) in [4.78, 5) is 76.5. The molecule has 2 atom stereocenters. The molecule has 0 fully saturated rings. The highest BCUT2D eigenvalue weighted by molar-refractivity contribution is 6.33. The normalized spacial score (nSPS) is 12.6. The van der Waals surface area contributed by atoms with E-state index in [0.29, 0.717) is 11.1 Å². The number of hydrogen-bond acceptors (Lipinski definition) is 12. The summed E-state index contributed by atoms with van der Waals surface area (Å²) in [7, 11) is 0. The smallest absolute Gasteiger partial charge is 0.405 e. The zero-order valence-corrected chi connectivity index (χ0v) is 29.5. The number of rotatable bonds is 16. The summed E-state index contributed by atoms with van der Waals surface area (Å²) in [6.07, 6.45) is -2.87. The average molecular weight is 771 g/mol. The SMILES string of the molecule is O=C(O)NC(Cc1ccc(O)cc1)C(=O)NCCNc1ccc(NCCNC(=O)C(Cc2ccc(O)cc2)NC(=O)O)c2c1C(=O)c1c(O)ccc(O)c1C2=O. The van der Waals surface area contributed by atoms with Gasteiger partial charge in [0.15, 0.2) is 0 Å². The van der Waals surface area contributed by atoms with Crippen LogP contribution < -0.4 is 31.9 Å². The Balaban J connectivity index is 1.29. The lowest BCUT2D eigenvalue weighted by atomic mass is 9.81. The number of carbonyl (C=O) groups is 6. The maximum Gasteiger partial charge on any atom is 0.405 e. The minimum Gasteiger partial charge on any atom is -0.508 e. The van der Waals surface area contributed by atoms with Gasteiger partial charge in [0.2, 0.25) is 23.4 Å². The summed E-state index contributed by atoms with van der Waals surface area (Å²) in [5.74, 6) is -3.95. The van der Waals surface area contributed by atoms with Gasteiger partial charge in [-0.25, -0.2) is 9.59 Å². The van der Waals surface area contributed by atoms with Gasteiger partial charge in [-0.3, -0.25) is 19.2 Å². The van der Waals surface area contributed by atoms with Crippen molar-refractivity contribution in [2.24, 2.45) is 0 Å². The highest BCUT2D eigenvalue weighted by Gasteiger charge is 2.38. The largest absolute Gasteiger partial charge is 0.508 e. The monoisotopic (exact) mass is 770 g/mol. The van der Waals surface area contributed by atoms with Gasteiger partial charge >= 0.3 is 12.2 Å². The van der Waals surface area contributed by atoms with E-state index >= 15 is 0 Å². The molecule has 0 aromatic heterocycles. The van der Waals surface area contributed by atoms with Crippen LogP contribution in [0.3, 0.4) is 0 Å². The molecular weight excluding hydrogens is 732 g/mol. The fourth-order valence-corrected chi connectivity index (χ4v) is 6.12. The number of carbonyl (C=O) groups excluding carboxylic acids is 4. The van der Waals surface area contributed by atoms with Crippen molar-refractivity contribution in [1.82, 2.24) is 21.3 Å². The Morgan fingerprint density at radius 1 is 0.482 bits per heavy atom. The minimum atomic E-state index is -1.42. The highest BCUT2D eigenvalue weighted by Crippen LogP contribution is 2.42. The van der Waals surface area contributed by atoms with E-state index in [1.807, 2.05) is 0 Å². The van der Waals surface area contributed by atoms with E-state index < -0.39 is 70.3 Å². The standard InChI is InChI=1S/C38H38N6O12/c45-21-5-1-19(2-6-21)17-25(43-37(53)54)35(51)41-15-13-39-23-9-10-24(30-29(23)33(49)31-27(47)11-12-28(48)32(31)34(30)50)40-14-16-42-36(52)26(44-38(55)56)18-20-3-7-22(46)8-4-20/h1-12,25-26,39-40,43-48H,13-18H2,(H,41,51)(H,42,52)(H,53,54)(H,55,56). The number of ketones is 2. The molecule has 12 N–H and O–H groups in total. The van der Waals surface area contributed by atoms with Crippen LogP contribution >= 0.6 is 0 Å². The zero-order chi connectivity index (χ0) is 40.5. The molecule has 0 saturated heterocycles. The van der Waals surface area contributed by atoms with Crippen molar-refractivity contribution in [2.45, 2.75) is 24.9 Å². The van der Waals surface area contributed by atoms with Crippen molar-refractivity contribution in [1.29, 1.82) is 0 Å². The van der Waals surface area contributed by atoms with Gasteiger partial charge in [0, 0.05) is 50.4 Å². The van der Waals surface area contributed by atoms with E-state index in [4.69, 9.17) is 0 Å². The second kappa shape index (κ2) is 17.5. The summed E-state index contributed by atoms with van der Waals surface area (Å²) in [6.45, 7) is -0.135. The van der Waals surface area contributed by atoms with Crippen molar-refractivity contribution in [2.75, 3.05) is 36.8 Å². The molecule has 1 aliphatic rings. The Morgan fingerprint density at radius 2 is 0.839 bits per heavy atom. The number of anilines is 2. The number of amides is 4. The molecule has 56 heavy (non-hydrogen) atoms. The van der Waals surface area contributed by atoms with E-state index in [1.165, 1.54) is 36.4 Å². The van der Waals surface area contributed by atoms with Crippen LogP contribution in [0.25, 0.3) is 0 Å². The van der Waals surface area contributed by atoms with Crippen LogP contribution in [0.2, 0.25) is 0 Å². The maximum atomic E-state index is 13.9. The number of hydrogen-bond donors (Lipinski definition) is 12. The number of fused-ring (bicyclic) bond motifs is 2. The van der Waals surface area contributed by atoms with Crippen molar-refractivity contribution < 1.29 is 59.4 Å². The molecule has 0 radical (unpaired) electrons. The van der Waals surface area contributed by atoms with Gasteiger partial charge in [0.25, 0.3) is 0 Å². The van der Waals surface area contributed by atoms with Crippen molar-refractivity contribution >= 4 is 46.9 Å². The first kappa shape index (κ1) is 39.7. The lowest BCUT2D eigenvalue weighted by molar-refractivity contribution is -0.123. The molecule has 18 heteroatoms. The number of benzene rings is 4. The summed E-state index contributed by atoms with van der Waals surface area (Å²) >= 11 is 0. The molecule has 292 valence electrons. The van der Waals surface area contributed by atoms with Gasteiger partial charge in [-0.2, -0.15) is 0 Å². The van der Waals surface area contributed by atoms with Crippen LogP contribution in [0.5, 0.6) is 23.0 Å². The average Bonchev–Trinajstić information content (AvgIpc) is 3.15. The van der Waals surface area contributed by atoms with Gasteiger partial charge in [-0.05, 0) is 59.7 Å². The van der Waals surface area contributed by atoms with Gasteiger partial charge in [-0.1, -0.05) is 24.3 Å². The van der Waals surface area contributed by atoms with Gasteiger partial charge < -0.3 is 62.5 Å². The number of carboxylic acid groups (broad SMARTS) is 2. The number of phenolic OH excluding ortho intramolecular Hbond substituents is 4. The Labute approximate surface area is 318 Å². The molecule has 0 spiro atoms. The van der Waals surface area contributed by atoms with Gasteiger partial charge in [0.05, 0.1) is 22.3 Å². The Bertz CT molecular complexity index is 2010. The molecule has 5 rings (SSSR count). The summed E-state index contributed by atoms with van der Waals surface area (Å²) in [5.41, 5.74) is 0.320. The van der Waals surface area contributed by atoms with Gasteiger partial charge in [0.1, 0.15) is 35.1 Å². The summed E-state index contributed by atoms with van der Waals surface area (Å²) in [6, 6.07) is 14.5. The number of phenols is 4. The Kier molecular flexibility index (Phi) is 12.4. The van der Waals surface area contributed by atoms with Crippen LogP contribution in [-0.2, 0) is 22.4 Å². The third-order valence-corrected chi connectivity index (χ3v) is 8.74. The quantitative estimate of drug-likeness (QED) is 0.0506. The van der Waals surface area contributed by atoms with Crippen LogP contribution in [0, 0.1) is 0 Å². The molecular formula is C38H38N6O12. The van der Waals surface area contributed by atoms with E-state index in [0.717, 1.165) is 12.1 Å². The Morgan fingerprint density at radius 3 is 1.18 bits per heavy atom. The summed E-state index contributed by atoms with van der Waals surface area (Å²) in [5, 5.41) is 74.3. The second-order valence-corrected chi connectivity index (χ2v) is 12.6. The first-order valence-corrected chi connectivity index (χ1v) is 17.1. The second-order valence-electron chi connectivity index (χ2n) is 12.6. The lowest BCUT2D eigenvalue weighted by Crippen LogP contribution is -2.48. The van der Waals surface area contributed by atoms with E-state index in [2.05, 4.69) is 31.9 Å². The fraction of sp³-hybridized carbons (Fsp3) is 0.211. The van der Waals surface area contributed by atoms with Crippen LogP contribution in [0.15, 0.2) is 72.8 Å². The topological polar surface area (TPSA) is 296 Å². The van der Waals surface area contributed by atoms with Crippen molar-refractivity contribution in [3.05, 3.63) is 106 Å². The molecule has 1 aliphatic carbocycles. The van der Waals surface area contributed by atoms with E-state index in [9.17, 15) is 59.4 Å². The third-order valence-electron chi connectivity index (χ3n) is 8.74. The fourth-order valence-electron chi connectivity index (χ4n) is 6.12. The molecule has 4 amide bonds. The molecule has 0 aliphatic heterocycles. The minimum absolute atomic E-state index is 0.00175. The van der Waals surface area contributed by atoms with E-state index in [-0.39, 0.29) is 73.0 Å². The number of nitrogens with one attached hydrogen (secondary N) is 6. The molecule has 4 aromatic rings. The van der Waals surface area contributed by atoms with E-state index in [1.54, 1.807) is 24.3 Å². The van der Waals surface area contributed by atoms with Crippen molar-refractivity contribution in [3.8, 4) is 23.0 Å². The first-order valence-electron chi connectivity index (χ1n) is 17.1. The van der Waals surface area contributed by atoms with Gasteiger partial charge in [-0.15, -0.1) is 0 Å². The first-order chi connectivity index (χ1) is 26.7. The molecule has 18 nitrogen and oxygen atoms in total. The molecule has 0 saturated carbocycles. The number of aromatic hydroxyl groups is 4. The van der Waals surface area contributed by atoms with Crippen LogP contribution in [-0.4, -0.2) is 104 Å². The lowest BCUT2D eigenvalue weighted by Gasteiger charge is -2.25. The predicted octanol–water partition coefficient (Wildman–Crippen LogP) is 2.10. The molecule has 0 heterocycles. The molecule has 0 bridgehead atoms. The molecule has 2 unspecified atom stereocenters. The zero-order valence-electron chi connectivity index (χ0n) is 29.5. The van der Waals surface area contributed by atoms with Crippen LogP contribution in [0.1, 0.15) is 43.0 Å². The Hall–Kier alpha value is -7.50.